The van der Waals surface area contributed by atoms with Crippen LogP contribution >= 0.6 is 11.8 Å². The van der Waals surface area contributed by atoms with E-state index in [1.807, 2.05) is 13.1 Å². The number of para-hydroxylation sites is 1. The molecule has 3 rings (SSSR count). The second kappa shape index (κ2) is 10.5. The molecule has 0 aliphatic heterocycles. The molecule has 0 atom stereocenters. The highest BCUT2D eigenvalue weighted by Gasteiger charge is 2.17. The quantitative estimate of drug-likeness (QED) is 0.468. The number of carbonyl (C=O) groups excluding carboxylic acids is 2. The molecule has 0 spiro atoms. The van der Waals surface area contributed by atoms with Crippen molar-refractivity contribution >= 4 is 35.0 Å². The number of thioether (sulfide) groups is 1. The van der Waals surface area contributed by atoms with Gasteiger partial charge in [0.15, 0.2) is 5.16 Å². The van der Waals surface area contributed by atoms with Gasteiger partial charge in [0.05, 0.1) is 5.75 Å². The Morgan fingerprint density at radius 3 is 2.25 bits per heavy atom. The third-order valence-electron chi connectivity index (χ3n) is 5.02. The Labute approximate surface area is 193 Å². The predicted molar refractivity (Wildman–Crippen MR) is 129 cm³/mol. The lowest BCUT2D eigenvalue weighted by Gasteiger charge is -2.20. The second-order valence-corrected chi connectivity index (χ2v) is 9.16. The van der Waals surface area contributed by atoms with Crippen molar-refractivity contribution in [2.24, 2.45) is 7.05 Å². The highest BCUT2D eigenvalue weighted by Crippen LogP contribution is 2.32. The van der Waals surface area contributed by atoms with E-state index in [0.717, 1.165) is 16.8 Å². The van der Waals surface area contributed by atoms with Gasteiger partial charge in [-0.05, 0) is 41.2 Å². The first kappa shape index (κ1) is 23.5. The van der Waals surface area contributed by atoms with Crippen molar-refractivity contribution in [1.29, 1.82) is 0 Å². The lowest BCUT2D eigenvalue weighted by atomic mass is 9.92. The molecule has 0 radical (unpaired) electrons. The highest BCUT2D eigenvalue weighted by atomic mass is 32.2. The van der Waals surface area contributed by atoms with Gasteiger partial charge in [-0.3, -0.25) is 9.59 Å². The van der Waals surface area contributed by atoms with Crippen molar-refractivity contribution in [2.75, 3.05) is 16.4 Å². The molecule has 0 bridgehead atoms. The number of hydrogen-bond acceptors (Lipinski definition) is 5. The first-order valence-electron chi connectivity index (χ1n) is 10.6. The summed E-state index contributed by atoms with van der Waals surface area (Å²) in [6.45, 7) is 8.46. The maximum absolute atomic E-state index is 13.1. The summed E-state index contributed by atoms with van der Waals surface area (Å²) in [6, 6.07) is 13.1. The summed E-state index contributed by atoms with van der Waals surface area (Å²) in [7, 11) is 1.82. The molecular formula is C24H29N5O2S. The van der Waals surface area contributed by atoms with E-state index < -0.39 is 0 Å². The van der Waals surface area contributed by atoms with Gasteiger partial charge in [0, 0.05) is 24.0 Å². The van der Waals surface area contributed by atoms with Crippen molar-refractivity contribution in [2.45, 2.75) is 44.7 Å². The number of amides is 2. The van der Waals surface area contributed by atoms with Crippen LogP contribution in [-0.2, 0) is 11.8 Å². The molecule has 1 heterocycles. The van der Waals surface area contributed by atoms with Crippen LogP contribution in [0, 0.1) is 0 Å². The number of carbonyl (C=O) groups is 2. The Morgan fingerprint density at radius 1 is 1.00 bits per heavy atom. The smallest absolute Gasteiger partial charge is 0.255 e. The molecule has 0 saturated heterocycles. The fraction of sp³-hybridized carbons (Fsp3) is 0.333. The van der Waals surface area contributed by atoms with Crippen LogP contribution in [0.2, 0.25) is 0 Å². The van der Waals surface area contributed by atoms with E-state index in [1.54, 1.807) is 35.2 Å². The van der Waals surface area contributed by atoms with Gasteiger partial charge in [-0.2, -0.15) is 0 Å². The lowest BCUT2D eigenvalue weighted by Crippen LogP contribution is -2.17. The molecule has 2 N–H and O–H groups in total. The molecule has 168 valence electrons. The molecule has 7 nitrogen and oxygen atoms in total. The first-order valence-corrected chi connectivity index (χ1v) is 11.6. The Kier molecular flexibility index (Phi) is 7.69. The summed E-state index contributed by atoms with van der Waals surface area (Å²) >= 11 is 1.30. The predicted octanol–water partition coefficient (Wildman–Crippen LogP) is 5.05. The number of aromatic nitrogens is 3. The van der Waals surface area contributed by atoms with Gasteiger partial charge in [-0.1, -0.05) is 63.7 Å². The minimum Gasteiger partial charge on any atom is -0.325 e. The number of anilines is 2. The average molecular weight is 452 g/mol. The summed E-state index contributed by atoms with van der Waals surface area (Å²) in [4.78, 5) is 25.4. The Bertz CT molecular complexity index is 1080. The molecule has 2 amide bonds. The number of rotatable bonds is 8. The van der Waals surface area contributed by atoms with Gasteiger partial charge in [0.2, 0.25) is 5.91 Å². The zero-order valence-electron chi connectivity index (χ0n) is 19.0. The van der Waals surface area contributed by atoms with Crippen molar-refractivity contribution in [3.05, 3.63) is 65.5 Å². The van der Waals surface area contributed by atoms with Crippen LogP contribution < -0.4 is 10.6 Å². The van der Waals surface area contributed by atoms with E-state index in [-0.39, 0.29) is 29.4 Å². The molecule has 0 saturated carbocycles. The SMILES string of the molecule is CC(C)c1cccc(C(C)C)c1NC(=O)c1cccc(NC(=O)CSc2nncn2C)c1. The summed E-state index contributed by atoms with van der Waals surface area (Å²) in [5, 5.41) is 14.4. The van der Waals surface area contributed by atoms with Crippen LogP contribution in [0.25, 0.3) is 0 Å². The van der Waals surface area contributed by atoms with Gasteiger partial charge in [-0.15, -0.1) is 10.2 Å². The molecule has 1 aromatic heterocycles. The maximum Gasteiger partial charge on any atom is 0.255 e. The highest BCUT2D eigenvalue weighted by molar-refractivity contribution is 7.99. The van der Waals surface area contributed by atoms with E-state index in [0.29, 0.717) is 16.4 Å². The third kappa shape index (κ3) is 5.76. The second-order valence-electron chi connectivity index (χ2n) is 8.22. The van der Waals surface area contributed by atoms with Gasteiger partial charge in [0.25, 0.3) is 5.91 Å². The molecule has 0 fully saturated rings. The number of hydrogen-bond donors (Lipinski definition) is 2. The topological polar surface area (TPSA) is 88.9 Å². The van der Waals surface area contributed by atoms with Crippen molar-refractivity contribution in [1.82, 2.24) is 14.8 Å². The first-order chi connectivity index (χ1) is 15.3. The number of nitrogens with one attached hydrogen (secondary N) is 2. The molecule has 2 aromatic carbocycles. The normalized spacial score (nSPS) is 11.1. The van der Waals surface area contributed by atoms with Gasteiger partial charge in [-0.25, -0.2) is 0 Å². The van der Waals surface area contributed by atoms with E-state index in [9.17, 15) is 9.59 Å². The zero-order valence-corrected chi connectivity index (χ0v) is 19.9. The number of benzene rings is 2. The van der Waals surface area contributed by atoms with Crippen LogP contribution in [0.15, 0.2) is 53.9 Å². The Morgan fingerprint density at radius 2 is 1.66 bits per heavy atom. The van der Waals surface area contributed by atoms with Crippen LogP contribution in [0.3, 0.4) is 0 Å². The Hall–Kier alpha value is -3.13. The fourth-order valence-corrected chi connectivity index (χ4v) is 4.04. The number of nitrogens with zero attached hydrogens (tertiary/aromatic N) is 3. The lowest BCUT2D eigenvalue weighted by molar-refractivity contribution is -0.113. The molecular weight excluding hydrogens is 422 g/mol. The number of aryl methyl sites for hydroxylation is 1. The van der Waals surface area contributed by atoms with E-state index in [2.05, 4.69) is 60.7 Å². The molecule has 3 aromatic rings. The fourth-order valence-electron chi connectivity index (χ4n) is 3.35. The minimum atomic E-state index is -0.204. The van der Waals surface area contributed by atoms with Crippen LogP contribution in [0.1, 0.15) is 61.0 Å². The average Bonchev–Trinajstić information content (AvgIpc) is 3.17. The summed E-state index contributed by atoms with van der Waals surface area (Å²) in [5.41, 5.74) is 4.14. The third-order valence-corrected chi connectivity index (χ3v) is 6.06. The van der Waals surface area contributed by atoms with Crippen LogP contribution in [0.5, 0.6) is 0 Å². The molecule has 0 aliphatic rings. The maximum atomic E-state index is 13.1. The van der Waals surface area contributed by atoms with E-state index >= 15 is 0 Å². The van der Waals surface area contributed by atoms with Crippen molar-refractivity contribution in [3.63, 3.8) is 0 Å². The monoisotopic (exact) mass is 451 g/mol. The molecule has 0 unspecified atom stereocenters. The summed E-state index contributed by atoms with van der Waals surface area (Å²) in [5.74, 6) is 0.372. The molecule has 32 heavy (non-hydrogen) atoms. The van der Waals surface area contributed by atoms with E-state index in [1.165, 1.54) is 11.8 Å². The van der Waals surface area contributed by atoms with Crippen molar-refractivity contribution < 1.29 is 9.59 Å². The Balaban J connectivity index is 1.72. The van der Waals surface area contributed by atoms with Crippen LogP contribution in [-0.4, -0.2) is 32.3 Å². The van der Waals surface area contributed by atoms with Gasteiger partial charge in [0.1, 0.15) is 6.33 Å². The summed E-state index contributed by atoms with van der Waals surface area (Å²) in [6.07, 6.45) is 1.59. The van der Waals surface area contributed by atoms with E-state index in [4.69, 9.17) is 0 Å². The van der Waals surface area contributed by atoms with Gasteiger partial charge >= 0.3 is 0 Å². The zero-order chi connectivity index (χ0) is 23.3. The largest absolute Gasteiger partial charge is 0.325 e. The van der Waals surface area contributed by atoms with Crippen molar-refractivity contribution in [3.8, 4) is 0 Å². The molecule has 0 aliphatic carbocycles. The summed E-state index contributed by atoms with van der Waals surface area (Å²) < 4.78 is 1.75. The minimum absolute atomic E-state index is 0.178. The van der Waals surface area contributed by atoms with Gasteiger partial charge < -0.3 is 15.2 Å². The molecule has 8 heteroatoms. The van der Waals surface area contributed by atoms with Crippen LogP contribution in [0.4, 0.5) is 11.4 Å². The standard InChI is InChI=1S/C24H29N5O2S/c1-15(2)19-10-7-11-20(16(3)4)22(19)27-23(31)17-8-6-9-18(12-17)26-21(30)13-32-24-28-25-14-29(24)5/h6-12,14-16H,13H2,1-5H3,(H,26,30)(H,27,31).